The number of aromatic nitrogens is 1. The number of rotatable bonds is 8. The summed E-state index contributed by atoms with van der Waals surface area (Å²) in [5.41, 5.74) is 2.24. The van der Waals surface area contributed by atoms with Crippen molar-refractivity contribution in [3.05, 3.63) is 39.8 Å². The van der Waals surface area contributed by atoms with Crippen molar-refractivity contribution in [3.63, 3.8) is 0 Å². The van der Waals surface area contributed by atoms with Gasteiger partial charge in [-0.2, -0.15) is 0 Å². The molecule has 178 valence electrons. The SMILES string of the molecule is CN=C(NCC1CCN(Cc2csc(C)n2)CC1)NC(C)c1cc(OC)ccc1OC.I. The Morgan fingerprint density at radius 2 is 2.03 bits per heavy atom. The Hall–Kier alpha value is -1.59. The highest BCUT2D eigenvalue weighted by atomic mass is 127. The van der Waals surface area contributed by atoms with Crippen LogP contribution in [0.25, 0.3) is 0 Å². The lowest BCUT2D eigenvalue weighted by Crippen LogP contribution is -2.43. The average molecular weight is 574 g/mol. The van der Waals surface area contributed by atoms with Gasteiger partial charge in [-0.15, -0.1) is 35.3 Å². The number of thiazole rings is 1. The Bertz CT molecular complexity index is 868. The molecule has 2 heterocycles. The summed E-state index contributed by atoms with van der Waals surface area (Å²) in [7, 11) is 5.17. The Balaban J connectivity index is 0.00000363. The lowest BCUT2D eigenvalue weighted by Gasteiger charge is -2.32. The molecular weight excluding hydrogens is 537 g/mol. The standard InChI is InChI=1S/C23H35N5O2S.HI/c1-16(21-12-20(29-4)6-7-22(21)30-5)26-23(24-3)25-13-18-8-10-28(11-9-18)14-19-15-31-17(2)27-19;/h6-7,12,15-16,18H,8-11,13-14H2,1-5H3,(H2,24,25,26);1H. The normalized spacial score (nSPS) is 16.2. The topological polar surface area (TPSA) is 71.0 Å². The number of guanidine groups is 1. The molecule has 0 aliphatic carbocycles. The lowest BCUT2D eigenvalue weighted by atomic mass is 9.97. The number of aryl methyl sites for hydroxylation is 1. The zero-order valence-corrected chi connectivity index (χ0v) is 22.8. The van der Waals surface area contributed by atoms with E-state index in [1.165, 1.54) is 18.5 Å². The first-order valence-electron chi connectivity index (χ1n) is 10.8. The number of benzene rings is 1. The van der Waals surface area contributed by atoms with E-state index in [4.69, 9.17) is 9.47 Å². The van der Waals surface area contributed by atoms with Crippen LogP contribution in [-0.4, -0.2) is 56.7 Å². The Morgan fingerprint density at radius 3 is 2.62 bits per heavy atom. The van der Waals surface area contributed by atoms with E-state index >= 15 is 0 Å². The predicted octanol–water partition coefficient (Wildman–Crippen LogP) is 4.22. The molecule has 3 rings (SSSR count). The van der Waals surface area contributed by atoms with Crippen LogP contribution < -0.4 is 20.1 Å². The van der Waals surface area contributed by atoms with Crippen LogP contribution >= 0.6 is 35.3 Å². The fourth-order valence-electron chi connectivity index (χ4n) is 3.95. The van der Waals surface area contributed by atoms with Gasteiger partial charge in [-0.1, -0.05) is 0 Å². The maximum absolute atomic E-state index is 5.53. The number of likely N-dealkylation sites (tertiary alicyclic amines) is 1. The van der Waals surface area contributed by atoms with Crippen molar-refractivity contribution in [1.29, 1.82) is 0 Å². The molecule has 0 radical (unpaired) electrons. The fraction of sp³-hybridized carbons (Fsp3) is 0.565. The summed E-state index contributed by atoms with van der Waals surface area (Å²) in [4.78, 5) is 11.5. The third-order valence-corrected chi connectivity index (χ3v) is 6.62. The van der Waals surface area contributed by atoms with Crippen molar-refractivity contribution in [1.82, 2.24) is 20.5 Å². The number of nitrogens with zero attached hydrogens (tertiary/aromatic N) is 3. The number of hydrogen-bond acceptors (Lipinski definition) is 6. The van der Waals surface area contributed by atoms with Gasteiger partial charge >= 0.3 is 0 Å². The van der Waals surface area contributed by atoms with Gasteiger partial charge in [0.05, 0.1) is 31.0 Å². The van der Waals surface area contributed by atoms with E-state index in [-0.39, 0.29) is 30.0 Å². The van der Waals surface area contributed by atoms with Gasteiger partial charge in [0.2, 0.25) is 0 Å². The molecule has 1 unspecified atom stereocenters. The van der Waals surface area contributed by atoms with Crippen molar-refractivity contribution in [2.75, 3.05) is 40.9 Å². The monoisotopic (exact) mass is 573 g/mol. The van der Waals surface area contributed by atoms with E-state index in [0.29, 0.717) is 5.92 Å². The molecule has 1 aliphatic rings. The summed E-state index contributed by atoms with van der Waals surface area (Å²) in [5, 5.41) is 10.3. The average Bonchev–Trinajstić information content (AvgIpc) is 3.21. The number of piperidine rings is 1. The smallest absolute Gasteiger partial charge is 0.191 e. The van der Waals surface area contributed by atoms with Crippen LogP contribution in [0, 0.1) is 12.8 Å². The molecule has 9 heteroatoms. The van der Waals surface area contributed by atoms with Crippen molar-refractivity contribution < 1.29 is 9.47 Å². The molecule has 7 nitrogen and oxygen atoms in total. The Kier molecular flexibility index (Phi) is 11.0. The molecule has 1 atom stereocenters. The largest absolute Gasteiger partial charge is 0.497 e. The number of aliphatic imine (C=N–C) groups is 1. The highest BCUT2D eigenvalue weighted by molar-refractivity contribution is 14.0. The zero-order valence-electron chi connectivity index (χ0n) is 19.7. The second-order valence-corrected chi connectivity index (χ2v) is 9.07. The first-order chi connectivity index (χ1) is 15.0. The molecule has 2 N–H and O–H groups in total. The number of hydrogen-bond donors (Lipinski definition) is 2. The van der Waals surface area contributed by atoms with Gasteiger partial charge < -0.3 is 20.1 Å². The number of methoxy groups -OCH3 is 2. The minimum absolute atomic E-state index is 0. The van der Waals surface area contributed by atoms with E-state index < -0.39 is 0 Å². The van der Waals surface area contributed by atoms with Crippen LogP contribution in [0.15, 0.2) is 28.6 Å². The minimum atomic E-state index is 0. The molecule has 0 bridgehead atoms. The van der Waals surface area contributed by atoms with Crippen molar-refractivity contribution in [2.24, 2.45) is 10.9 Å². The predicted molar refractivity (Wildman–Crippen MR) is 143 cm³/mol. The van der Waals surface area contributed by atoms with E-state index in [0.717, 1.165) is 54.2 Å². The summed E-state index contributed by atoms with van der Waals surface area (Å²) in [6.07, 6.45) is 2.37. The van der Waals surface area contributed by atoms with E-state index in [9.17, 15) is 0 Å². The molecule has 0 spiro atoms. The second-order valence-electron chi connectivity index (χ2n) is 8.00. The first-order valence-corrected chi connectivity index (χ1v) is 11.7. The highest BCUT2D eigenvalue weighted by Crippen LogP contribution is 2.29. The first kappa shape index (κ1) is 26.7. The van der Waals surface area contributed by atoms with Crippen LogP contribution in [0.2, 0.25) is 0 Å². The summed E-state index contributed by atoms with van der Waals surface area (Å²) in [6, 6.07) is 5.87. The van der Waals surface area contributed by atoms with Crippen LogP contribution in [0.3, 0.4) is 0 Å². The Labute approximate surface area is 213 Å². The third kappa shape index (κ3) is 7.48. The zero-order chi connectivity index (χ0) is 22.2. The molecule has 1 aliphatic heterocycles. The molecule has 1 aromatic heterocycles. The summed E-state index contributed by atoms with van der Waals surface area (Å²) >= 11 is 1.73. The molecule has 1 aromatic carbocycles. The quantitative estimate of drug-likeness (QED) is 0.280. The summed E-state index contributed by atoms with van der Waals surface area (Å²) in [5.74, 6) is 3.09. The molecule has 1 fully saturated rings. The minimum Gasteiger partial charge on any atom is -0.497 e. The van der Waals surface area contributed by atoms with Crippen molar-refractivity contribution in [2.45, 2.75) is 39.3 Å². The lowest BCUT2D eigenvalue weighted by molar-refractivity contribution is 0.176. The third-order valence-electron chi connectivity index (χ3n) is 5.80. The summed E-state index contributed by atoms with van der Waals surface area (Å²) < 4.78 is 10.9. The molecule has 2 aromatic rings. The van der Waals surface area contributed by atoms with Gasteiger partial charge in [-0.05, 0) is 63.9 Å². The van der Waals surface area contributed by atoms with Gasteiger partial charge in [-0.25, -0.2) is 4.98 Å². The van der Waals surface area contributed by atoms with Gasteiger partial charge in [0.15, 0.2) is 5.96 Å². The van der Waals surface area contributed by atoms with Gasteiger partial charge in [0, 0.05) is 31.1 Å². The van der Waals surface area contributed by atoms with E-state index in [2.05, 4.69) is 44.7 Å². The van der Waals surface area contributed by atoms with Gasteiger partial charge in [0.25, 0.3) is 0 Å². The Morgan fingerprint density at radius 1 is 1.28 bits per heavy atom. The maximum atomic E-state index is 5.53. The van der Waals surface area contributed by atoms with Crippen LogP contribution in [0.5, 0.6) is 11.5 Å². The summed E-state index contributed by atoms with van der Waals surface area (Å²) in [6.45, 7) is 8.29. The van der Waals surface area contributed by atoms with Crippen molar-refractivity contribution >= 4 is 41.3 Å². The molecular formula is C23H36IN5O2S. The molecule has 0 saturated carbocycles. The van der Waals surface area contributed by atoms with Crippen LogP contribution in [0.4, 0.5) is 0 Å². The van der Waals surface area contributed by atoms with Gasteiger partial charge in [-0.3, -0.25) is 9.89 Å². The molecule has 0 amide bonds. The number of nitrogens with one attached hydrogen (secondary N) is 2. The van der Waals surface area contributed by atoms with Crippen molar-refractivity contribution in [3.8, 4) is 11.5 Å². The van der Waals surface area contributed by atoms with Gasteiger partial charge in [0.1, 0.15) is 11.5 Å². The number of halogens is 1. The second kappa shape index (κ2) is 13.2. The van der Waals surface area contributed by atoms with Crippen LogP contribution in [0.1, 0.15) is 42.1 Å². The fourth-order valence-corrected chi connectivity index (χ4v) is 4.56. The number of ether oxygens (including phenoxy) is 2. The van der Waals surface area contributed by atoms with E-state index in [1.807, 2.05) is 25.2 Å². The molecule has 1 saturated heterocycles. The highest BCUT2D eigenvalue weighted by Gasteiger charge is 2.21. The van der Waals surface area contributed by atoms with E-state index in [1.54, 1.807) is 25.6 Å². The maximum Gasteiger partial charge on any atom is 0.191 e. The molecule has 32 heavy (non-hydrogen) atoms. The van der Waals surface area contributed by atoms with Crippen LogP contribution in [-0.2, 0) is 6.54 Å².